The summed E-state index contributed by atoms with van der Waals surface area (Å²) >= 11 is 7.12. The van der Waals surface area contributed by atoms with Crippen LogP contribution in [0, 0.1) is 13.8 Å². The summed E-state index contributed by atoms with van der Waals surface area (Å²) in [5, 5.41) is 18.5. The molecule has 1 amide bonds. The predicted octanol–water partition coefficient (Wildman–Crippen LogP) is 6.83. The zero-order valence-corrected chi connectivity index (χ0v) is 19.7. The Balaban J connectivity index is 1.82. The third-order valence-corrected chi connectivity index (χ3v) is 6.21. The van der Waals surface area contributed by atoms with Gasteiger partial charge in [0.2, 0.25) is 5.88 Å². The van der Waals surface area contributed by atoms with E-state index >= 15 is 0 Å². The number of halogens is 2. The summed E-state index contributed by atoms with van der Waals surface area (Å²) in [5.41, 5.74) is 3.92. The summed E-state index contributed by atoms with van der Waals surface area (Å²) in [6, 6.07) is 7.59. The molecule has 0 saturated carbocycles. The van der Waals surface area contributed by atoms with Gasteiger partial charge in [0.15, 0.2) is 12.3 Å². The van der Waals surface area contributed by atoms with Gasteiger partial charge in [0.1, 0.15) is 5.75 Å². The number of aromatic nitrogens is 1. The Morgan fingerprint density at radius 1 is 1.24 bits per heavy atom. The van der Waals surface area contributed by atoms with Crippen LogP contribution in [-0.4, -0.2) is 22.6 Å². The third kappa shape index (κ3) is 4.38. The molecule has 0 aliphatic heterocycles. The van der Waals surface area contributed by atoms with Crippen LogP contribution in [0.2, 0.25) is 0 Å². The van der Waals surface area contributed by atoms with Gasteiger partial charge in [0, 0.05) is 15.4 Å². The SMILES string of the molecule is Cc1cc(Br)c(C(C)C)c(OCC(=O)N=Nc2c(O)[nH]c3c(C)cccc23)c1Br. The molecule has 2 N–H and O–H groups in total. The number of aromatic amines is 1. The molecule has 0 spiro atoms. The van der Waals surface area contributed by atoms with E-state index in [1.165, 1.54) is 0 Å². The number of hydrogen-bond donors (Lipinski definition) is 2. The molecule has 0 atom stereocenters. The van der Waals surface area contributed by atoms with Crippen molar-refractivity contribution in [3.05, 3.63) is 49.9 Å². The number of nitrogens with zero attached hydrogens (tertiary/aromatic N) is 2. The Bertz CT molecular complexity index is 1120. The van der Waals surface area contributed by atoms with E-state index in [4.69, 9.17) is 4.74 Å². The first kappa shape index (κ1) is 21.5. The van der Waals surface area contributed by atoms with Gasteiger partial charge in [-0.3, -0.25) is 4.79 Å². The van der Waals surface area contributed by atoms with Gasteiger partial charge >= 0.3 is 5.91 Å². The summed E-state index contributed by atoms with van der Waals surface area (Å²) in [5.74, 6) is 0.130. The number of benzene rings is 2. The number of aryl methyl sites for hydroxylation is 2. The number of carbonyl (C=O) groups is 1. The van der Waals surface area contributed by atoms with Crippen LogP contribution in [0.3, 0.4) is 0 Å². The van der Waals surface area contributed by atoms with Crippen molar-refractivity contribution < 1.29 is 14.6 Å². The summed E-state index contributed by atoms with van der Waals surface area (Å²) < 4.78 is 7.54. The first-order chi connectivity index (χ1) is 13.7. The highest BCUT2D eigenvalue weighted by atomic mass is 79.9. The monoisotopic (exact) mass is 521 g/mol. The van der Waals surface area contributed by atoms with Gasteiger partial charge < -0.3 is 14.8 Å². The van der Waals surface area contributed by atoms with E-state index in [0.29, 0.717) is 11.1 Å². The molecule has 3 rings (SSSR count). The number of ether oxygens (including phenoxy) is 1. The fourth-order valence-electron chi connectivity index (χ4n) is 3.12. The Morgan fingerprint density at radius 2 is 1.97 bits per heavy atom. The minimum atomic E-state index is -0.550. The van der Waals surface area contributed by atoms with Crippen molar-refractivity contribution in [2.45, 2.75) is 33.6 Å². The van der Waals surface area contributed by atoms with Crippen molar-refractivity contribution >= 4 is 54.4 Å². The van der Waals surface area contributed by atoms with Crippen LogP contribution in [0.15, 0.2) is 43.4 Å². The molecular weight excluding hydrogens is 502 g/mol. The number of nitrogens with one attached hydrogen (secondary N) is 1. The second-order valence-corrected chi connectivity index (χ2v) is 8.74. The molecule has 1 heterocycles. The molecule has 29 heavy (non-hydrogen) atoms. The molecule has 0 aliphatic rings. The lowest BCUT2D eigenvalue weighted by atomic mass is 10.0. The van der Waals surface area contributed by atoms with Gasteiger partial charge in [-0.2, -0.15) is 0 Å². The van der Waals surface area contributed by atoms with E-state index in [1.807, 2.05) is 38.1 Å². The molecule has 1 aromatic heterocycles. The largest absolute Gasteiger partial charge is 0.493 e. The van der Waals surface area contributed by atoms with Crippen molar-refractivity contribution in [2.75, 3.05) is 6.61 Å². The van der Waals surface area contributed by atoms with Gasteiger partial charge in [0.05, 0.1) is 9.99 Å². The molecule has 0 bridgehead atoms. The second-order valence-electron chi connectivity index (χ2n) is 7.09. The molecule has 3 aromatic rings. The lowest BCUT2D eigenvalue weighted by molar-refractivity contribution is -0.120. The number of hydrogen-bond acceptors (Lipinski definition) is 4. The van der Waals surface area contributed by atoms with Crippen molar-refractivity contribution in [3.63, 3.8) is 0 Å². The Hall–Kier alpha value is -2.19. The molecule has 2 aromatic carbocycles. The lowest BCUT2D eigenvalue weighted by Gasteiger charge is -2.18. The minimum absolute atomic E-state index is 0.126. The van der Waals surface area contributed by atoms with E-state index < -0.39 is 5.91 Å². The first-order valence-electron chi connectivity index (χ1n) is 9.06. The highest BCUT2D eigenvalue weighted by Crippen LogP contribution is 2.41. The van der Waals surface area contributed by atoms with Crippen molar-refractivity contribution in [1.29, 1.82) is 0 Å². The number of amides is 1. The van der Waals surface area contributed by atoms with Crippen molar-refractivity contribution in [3.8, 4) is 11.6 Å². The zero-order valence-electron chi connectivity index (χ0n) is 16.5. The average molecular weight is 523 g/mol. The Kier molecular flexibility index (Phi) is 6.43. The summed E-state index contributed by atoms with van der Waals surface area (Å²) in [6.07, 6.45) is 0. The van der Waals surface area contributed by atoms with E-state index in [-0.39, 0.29) is 24.1 Å². The molecule has 0 unspecified atom stereocenters. The number of azo groups is 1. The maximum absolute atomic E-state index is 12.3. The standard InChI is InChI=1S/C21H21Br2N3O3/c1-10(2)16-14(22)8-12(4)17(23)20(16)29-9-15(27)25-26-19-13-7-5-6-11(3)18(13)24-21(19)28/h5-8,10,24,28H,9H2,1-4H3. The molecule has 8 heteroatoms. The molecule has 152 valence electrons. The van der Waals surface area contributed by atoms with Crippen LogP contribution in [0.1, 0.15) is 36.5 Å². The van der Waals surface area contributed by atoms with E-state index in [9.17, 15) is 9.90 Å². The van der Waals surface area contributed by atoms with Crippen LogP contribution in [0.25, 0.3) is 10.9 Å². The summed E-state index contributed by atoms with van der Waals surface area (Å²) in [7, 11) is 0. The second kappa shape index (κ2) is 8.67. The van der Waals surface area contributed by atoms with Gasteiger partial charge in [-0.15, -0.1) is 10.2 Å². The normalized spacial score (nSPS) is 11.7. The van der Waals surface area contributed by atoms with E-state index in [1.54, 1.807) is 0 Å². The highest BCUT2D eigenvalue weighted by molar-refractivity contribution is 9.11. The predicted molar refractivity (Wildman–Crippen MR) is 120 cm³/mol. The smallest absolute Gasteiger partial charge is 0.302 e. The number of para-hydroxylation sites is 1. The van der Waals surface area contributed by atoms with E-state index in [0.717, 1.165) is 31.2 Å². The quantitative estimate of drug-likeness (QED) is 0.360. The number of rotatable bonds is 5. The fourth-order valence-corrected chi connectivity index (χ4v) is 4.55. The average Bonchev–Trinajstić information content (AvgIpc) is 2.98. The number of H-pyrrole nitrogens is 1. The minimum Gasteiger partial charge on any atom is -0.493 e. The first-order valence-corrected chi connectivity index (χ1v) is 10.7. The van der Waals surface area contributed by atoms with Crippen LogP contribution in [0.5, 0.6) is 11.6 Å². The lowest BCUT2D eigenvalue weighted by Crippen LogP contribution is -2.11. The highest BCUT2D eigenvalue weighted by Gasteiger charge is 2.19. The van der Waals surface area contributed by atoms with Gasteiger partial charge in [-0.05, 0) is 52.9 Å². The fraction of sp³-hybridized carbons (Fsp3) is 0.286. The van der Waals surface area contributed by atoms with Crippen LogP contribution in [-0.2, 0) is 4.79 Å². The summed E-state index contributed by atoms with van der Waals surface area (Å²) in [6.45, 7) is 7.72. The molecule has 6 nitrogen and oxygen atoms in total. The van der Waals surface area contributed by atoms with Crippen LogP contribution < -0.4 is 4.74 Å². The molecule has 0 aliphatic carbocycles. The molecular formula is C21H21Br2N3O3. The molecule has 0 radical (unpaired) electrons. The van der Waals surface area contributed by atoms with Crippen LogP contribution in [0.4, 0.5) is 5.69 Å². The number of carbonyl (C=O) groups excluding carboxylic acids is 1. The van der Waals surface area contributed by atoms with E-state index in [2.05, 4.69) is 60.9 Å². The maximum atomic E-state index is 12.3. The molecule has 0 saturated heterocycles. The van der Waals surface area contributed by atoms with Crippen molar-refractivity contribution in [2.24, 2.45) is 10.2 Å². The zero-order chi connectivity index (χ0) is 21.3. The van der Waals surface area contributed by atoms with Crippen molar-refractivity contribution in [1.82, 2.24) is 4.98 Å². The van der Waals surface area contributed by atoms with Crippen LogP contribution >= 0.6 is 31.9 Å². The van der Waals surface area contributed by atoms with Gasteiger partial charge in [-0.25, -0.2) is 0 Å². The summed E-state index contributed by atoms with van der Waals surface area (Å²) in [4.78, 5) is 15.1. The number of fused-ring (bicyclic) bond motifs is 1. The Morgan fingerprint density at radius 3 is 2.66 bits per heavy atom. The number of aromatic hydroxyl groups is 1. The van der Waals surface area contributed by atoms with Gasteiger partial charge in [0.25, 0.3) is 0 Å². The Labute approximate surface area is 185 Å². The molecule has 0 fully saturated rings. The topological polar surface area (TPSA) is 87.0 Å². The third-order valence-electron chi connectivity index (χ3n) is 4.57. The van der Waals surface area contributed by atoms with Gasteiger partial charge in [-0.1, -0.05) is 48.0 Å². The maximum Gasteiger partial charge on any atom is 0.302 e.